The summed E-state index contributed by atoms with van der Waals surface area (Å²) in [5.41, 5.74) is 6.52. The molecule has 1 aromatic heterocycles. The van der Waals surface area contributed by atoms with Crippen molar-refractivity contribution in [2.45, 2.75) is 6.42 Å². The first-order valence-electron chi connectivity index (χ1n) is 9.23. The molecule has 1 amide bonds. The van der Waals surface area contributed by atoms with Crippen LogP contribution in [-0.4, -0.2) is 27.1 Å². The van der Waals surface area contributed by atoms with E-state index < -0.39 is 0 Å². The molecule has 6 heteroatoms. The molecule has 0 atom stereocenters. The number of para-hydroxylation sites is 1. The molecular formula is C23H19N5O. The van der Waals surface area contributed by atoms with Crippen LogP contribution in [0.1, 0.15) is 11.3 Å². The molecule has 0 unspecified atom stereocenters. The van der Waals surface area contributed by atoms with Gasteiger partial charge >= 0.3 is 0 Å². The van der Waals surface area contributed by atoms with Crippen molar-refractivity contribution in [1.82, 2.24) is 20.4 Å². The van der Waals surface area contributed by atoms with E-state index in [1.54, 1.807) is 4.80 Å². The first kappa shape index (κ1) is 18.3. The number of hydrazone groups is 1. The summed E-state index contributed by atoms with van der Waals surface area (Å²) in [7, 11) is 0. The van der Waals surface area contributed by atoms with E-state index in [2.05, 4.69) is 20.7 Å². The van der Waals surface area contributed by atoms with Crippen molar-refractivity contribution in [1.29, 1.82) is 0 Å². The standard InChI is InChI=1S/C23H19N5O/c29-22(16-18-10-4-1-5-11-18)25-24-17-21-23(19-12-6-2-7-13-19)27-28(26-21)20-14-8-3-9-15-20/h1-15,17H,16H2,(H,25,29)/b24-17+. The summed E-state index contributed by atoms with van der Waals surface area (Å²) in [6.07, 6.45) is 1.79. The van der Waals surface area contributed by atoms with Crippen LogP contribution in [0, 0.1) is 0 Å². The van der Waals surface area contributed by atoms with Gasteiger partial charge in [0.05, 0.1) is 18.3 Å². The second-order valence-electron chi connectivity index (χ2n) is 6.38. The third kappa shape index (κ3) is 4.62. The van der Waals surface area contributed by atoms with Crippen LogP contribution in [0.2, 0.25) is 0 Å². The molecular weight excluding hydrogens is 362 g/mol. The average Bonchev–Trinajstić information content (AvgIpc) is 3.20. The molecule has 0 spiro atoms. The minimum absolute atomic E-state index is 0.191. The smallest absolute Gasteiger partial charge is 0.244 e. The van der Waals surface area contributed by atoms with Gasteiger partial charge in [-0.25, -0.2) is 5.43 Å². The molecule has 4 aromatic rings. The van der Waals surface area contributed by atoms with Gasteiger partial charge in [0, 0.05) is 5.56 Å². The van der Waals surface area contributed by atoms with Gasteiger partial charge in [0.15, 0.2) is 0 Å². The summed E-state index contributed by atoms with van der Waals surface area (Å²) in [5, 5.41) is 13.3. The van der Waals surface area contributed by atoms with Gasteiger partial charge in [0.25, 0.3) is 0 Å². The van der Waals surface area contributed by atoms with Gasteiger partial charge in [-0.15, -0.1) is 10.2 Å². The molecule has 0 aliphatic heterocycles. The van der Waals surface area contributed by atoms with E-state index in [0.717, 1.165) is 16.8 Å². The number of hydrogen-bond acceptors (Lipinski definition) is 4. The number of benzene rings is 3. The fourth-order valence-corrected chi connectivity index (χ4v) is 2.87. The van der Waals surface area contributed by atoms with Gasteiger partial charge in [-0.2, -0.15) is 9.90 Å². The Hall–Kier alpha value is -4.06. The lowest BCUT2D eigenvalue weighted by Crippen LogP contribution is -2.19. The monoisotopic (exact) mass is 381 g/mol. The lowest BCUT2D eigenvalue weighted by atomic mass is 10.1. The first-order chi connectivity index (χ1) is 14.3. The van der Waals surface area contributed by atoms with Gasteiger partial charge in [-0.1, -0.05) is 78.9 Å². The van der Waals surface area contributed by atoms with Gasteiger partial charge in [-0.3, -0.25) is 4.79 Å². The highest BCUT2D eigenvalue weighted by Gasteiger charge is 2.12. The lowest BCUT2D eigenvalue weighted by Gasteiger charge is -2.00. The third-order valence-corrected chi connectivity index (χ3v) is 4.26. The zero-order valence-corrected chi connectivity index (χ0v) is 15.6. The number of nitrogens with one attached hydrogen (secondary N) is 1. The Bertz CT molecular complexity index is 1110. The normalized spacial score (nSPS) is 10.9. The molecule has 29 heavy (non-hydrogen) atoms. The SMILES string of the molecule is O=C(Cc1ccccc1)N/N=C/c1nn(-c2ccccc2)nc1-c1ccccc1. The molecule has 1 N–H and O–H groups in total. The van der Waals surface area contributed by atoms with Crippen LogP contribution in [0.15, 0.2) is 96.1 Å². The quantitative estimate of drug-likeness (QED) is 0.409. The summed E-state index contributed by atoms with van der Waals surface area (Å²) in [6, 6.07) is 28.9. The maximum atomic E-state index is 12.1. The number of nitrogens with zero attached hydrogens (tertiary/aromatic N) is 4. The van der Waals surface area contributed by atoms with E-state index in [1.807, 2.05) is 91.0 Å². The van der Waals surface area contributed by atoms with Crippen molar-refractivity contribution in [3.63, 3.8) is 0 Å². The first-order valence-corrected chi connectivity index (χ1v) is 9.23. The molecule has 6 nitrogen and oxygen atoms in total. The van der Waals surface area contributed by atoms with Gasteiger partial charge < -0.3 is 0 Å². The predicted molar refractivity (Wildman–Crippen MR) is 113 cm³/mol. The number of carbonyl (C=O) groups is 1. The predicted octanol–water partition coefficient (Wildman–Crippen LogP) is 3.63. The van der Waals surface area contributed by atoms with Gasteiger partial charge in [0.1, 0.15) is 11.4 Å². The van der Waals surface area contributed by atoms with Crippen LogP contribution in [0.3, 0.4) is 0 Å². The maximum Gasteiger partial charge on any atom is 0.244 e. The van der Waals surface area contributed by atoms with Crippen LogP contribution in [0.5, 0.6) is 0 Å². The molecule has 4 rings (SSSR count). The zero-order valence-electron chi connectivity index (χ0n) is 15.6. The Morgan fingerprint density at radius 2 is 1.48 bits per heavy atom. The number of amides is 1. The van der Waals surface area contributed by atoms with Crippen LogP contribution >= 0.6 is 0 Å². The highest BCUT2D eigenvalue weighted by molar-refractivity contribution is 5.87. The molecule has 1 heterocycles. The lowest BCUT2D eigenvalue weighted by molar-refractivity contribution is -0.120. The molecule has 0 aliphatic carbocycles. The summed E-state index contributed by atoms with van der Waals surface area (Å²) < 4.78 is 0. The molecule has 0 radical (unpaired) electrons. The molecule has 0 fully saturated rings. The minimum atomic E-state index is -0.191. The van der Waals surface area contributed by atoms with Crippen molar-refractivity contribution in [3.05, 3.63) is 102 Å². The van der Waals surface area contributed by atoms with E-state index in [9.17, 15) is 4.79 Å². The fraction of sp³-hybridized carbons (Fsp3) is 0.0435. The van der Waals surface area contributed by atoms with Gasteiger partial charge in [0.2, 0.25) is 5.91 Å². The number of hydrogen-bond donors (Lipinski definition) is 1. The van der Waals surface area contributed by atoms with E-state index in [4.69, 9.17) is 0 Å². The Labute approximate surface area is 168 Å². The Kier molecular flexibility index (Phi) is 5.53. The van der Waals surface area contributed by atoms with Crippen molar-refractivity contribution in [3.8, 4) is 16.9 Å². The second-order valence-corrected chi connectivity index (χ2v) is 6.38. The highest BCUT2D eigenvalue weighted by Crippen LogP contribution is 2.20. The van der Waals surface area contributed by atoms with Crippen LogP contribution in [0.4, 0.5) is 0 Å². The number of rotatable bonds is 6. The highest BCUT2D eigenvalue weighted by atomic mass is 16.2. The topological polar surface area (TPSA) is 72.2 Å². The molecule has 3 aromatic carbocycles. The molecule has 0 bridgehead atoms. The summed E-state index contributed by atoms with van der Waals surface area (Å²) in [6.45, 7) is 0. The van der Waals surface area contributed by atoms with Crippen molar-refractivity contribution in [2.75, 3.05) is 0 Å². The van der Waals surface area contributed by atoms with Gasteiger partial charge in [-0.05, 0) is 17.7 Å². The number of carbonyl (C=O) groups excluding carboxylic acids is 1. The second kappa shape index (κ2) is 8.75. The van der Waals surface area contributed by atoms with Crippen molar-refractivity contribution >= 4 is 12.1 Å². The van der Waals surface area contributed by atoms with E-state index in [1.165, 1.54) is 6.21 Å². The van der Waals surface area contributed by atoms with Crippen molar-refractivity contribution < 1.29 is 4.79 Å². The third-order valence-electron chi connectivity index (χ3n) is 4.26. The molecule has 0 aliphatic rings. The largest absolute Gasteiger partial charge is 0.273 e. The minimum Gasteiger partial charge on any atom is -0.273 e. The molecule has 142 valence electrons. The Morgan fingerprint density at radius 3 is 2.17 bits per heavy atom. The summed E-state index contributed by atoms with van der Waals surface area (Å²) in [5.74, 6) is -0.191. The average molecular weight is 381 g/mol. The van der Waals surface area contributed by atoms with E-state index in [-0.39, 0.29) is 12.3 Å². The summed E-state index contributed by atoms with van der Waals surface area (Å²) in [4.78, 5) is 13.7. The summed E-state index contributed by atoms with van der Waals surface area (Å²) >= 11 is 0. The Morgan fingerprint density at radius 1 is 0.862 bits per heavy atom. The molecule has 0 saturated heterocycles. The van der Waals surface area contributed by atoms with E-state index >= 15 is 0 Å². The zero-order chi connectivity index (χ0) is 19.9. The number of aromatic nitrogens is 3. The van der Waals surface area contributed by atoms with E-state index in [0.29, 0.717) is 11.4 Å². The van der Waals surface area contributed by atoms with Crippen LogP contribution < -0.4 is 5.43 Å². The molecule has 0 saturated carbocycles. The van der Waals surface area contributed by atoms with Crippen molar-refractivity contribution in [2.24, 2.45) is 5.10 Å². The fourth-order valence-electron chi connectivity index (χ4n) is 2.87. The van der Waals surface area contributed by atoms with Crippen LogP contribution in [0.25, 0.3) is 16.9 Å². The van der Waals surface area contributed by atoms with Crippen LogP contribution in [-0.2, 0) is 11.2 Å². The maximum absolute atomic E-state index is 12.1. The Balaban J connectivity index is 1.56.